The lowest BCUT2D eigenvalue weighted by atomic mass is 10.2. The second-order valence-corrected chi connectivity index (χ2v) is 4.80. The Morgan fingerprint density at radius 1 is 0.774 bits per heavy atom. The first-order valence-corrected chi connectivity index (χ1v) is 7.76. The van der Waals surface area contributed by atoms with Crippen LogP contribution in [0.3, 0.4) is 0 Å². The van der Waals surface area contributed by atoms with Gasteiger partial charge in [-0.1, -0.05) is 0 Å². The van der Waals surface area contributed by atoms with Gasteiger partial charge in [-0.25, -0.2) is 22.0 Å². The second-order valence-electron chi connectivity index (χ2n) is 3.37. The smallest absolute Gasteiger partial charge is 0.284 e. The predicted octanol–water partition coefficient (Wildman–Crippen LogP) is 5.53. The van der Waals surface area contributed by atoms with Crippen LogP contribution in [-0.2, 0) is 19.6 Å². The predicted molar refractivity (Wildman–Crippen MR) is 72.3 cm³/mol. The first-order chi connectivity index (χ1) is 13.8. The molecule has 0 saturated heterocycles. The molecular formula is C10H15F15O5S. The van der Waals surface area contributed by atoms with Gasteiger partial charge in [0.15, 0.2) is 6.86 Å². The lowest BCUT2D eigenvalue weighted by molar-refractivity contribution is -0.490. The molecule has 0 amide bonds. The number of hydrogen-bond acceptors (Lipinski definition) is 4. The molecule has 196 valence electrons. The Morgan fingerprint density at radius 2 is 1.03 bits per heavy atom. The molecule has 0 bridgehead atoms. The normalized spacial score (nSPS) is 13.5. The van der Waals surface area contributed by atoms with Crippen molar-refractivity contribution in [1.82, 2.24) is 0 Å². The molecule has 0 saturated carbocycles. The minimum Gasteiger partial charge on any atom is -0.284 e. The second kappa shape index (κ2) is 18.4. The highest BCUT2D eigenvalue weighted by Gasteiger charge is 2.78. The van der Waals surface area contributed by atoms with Crippen LogP contribution < -0.4 is 0 Å². The summed E-state index contributed by atoms with van der Waals surface area (Å²) < 4.78 is 201. The first kappa shape index (κ1) is 40.2. The minimum absolute atomic E-state index is 0.250. The third-order valence-electron chi connectivity index (χ3n) is 1.53. The molecule has 31 heavy (non-hydrogen) atoms. The number of ether oxygens (including phenoxy) is 2. The fraction of sp³-hybridized carbons (Fsp3) is 1.00. The van der Waals surface area contributed by atoms with Crippen molar-refractivity contribution in [3.05, 3.63) is 0 Å². The van der Waals surface area contributed by atoms with E-state index >= 15 is 0 Å². The van der Waals surface area contributed by atoms with Crippen molar-refractivity contribution in [2.45, 2.75) is 30.5 Å². The van der Waals surface area contributed by atoms with Crippen LogP contribution in [0, 0.1) is 0 Å². The molecule has 0 rings (SSSR count). The van der Waals surface area contributed by atoms with E-state index in [0.29, 0.717) is 7.18 Å². The van der Waals surface area contributed by atoms with Crippen molar-refractivity contribution in [2.75, 3.05) is 34.6 Å². The lowest BCUT2D eigenvalue weighted by Gasteiger charge is -2.34. The minimum atomic E-state index is -6.97. The molecule has 0 aromatic heterocycles. The fourth-order valence-electron chi connectivity index (χ4n) is 0.660. The highest BCUT2D eigenvalue weighted by molar-refractivity contribution is 7.86. The summed E-state index contributed by atoms with van der Waals surface area (Å²) in [6.45, 7) is -5.05. The van der Waals surface area contributed by atoms with E-state index in [4.69, 9.17) is 4.55 Å². The zero-order chi connectivity index (χ0) is 26.7. The largest absolute Gasteiger partial charge is 0.491 e. The van der Waals surface area contributed by atoms with Gasteiger partial charge < -0.3 is 0 Å². The van der Waals surface area contributed by atoms with Gasteiger partial charge in [0.05, 0.1) is 13.9 Å². The van der Waals surface area contributed by atoms with Crippen LogP contribution >= 0.6 is 0 Å². The van der Waals surface area contributed by atoms with E-state index in [9.17, 15) is 74.3 Å². The lowest BCUT2D eigenvalue weighted by Crippen LogP contribution is -2.61. The molecule has 0 aliphatic rings. The molecule has 21 heteroatoms. The Morgan fingerprint density at radius 3 is 1.19 bits per heavy atom. The quantitative estimate of drug-likeness (QED) is 0.360. The number of rotatable bonds is 6. The van der Waals surface area contributed by atoms with Gasteiger partial charge in [0.25, 0.3) is 0 Å². The summed E-state index contributed by atoms with van der Waals surface area (Å²) in [4.78, 5) is 0. The van der Waals surface area contributed by atoms with Gasteiger partial charge in [0.2, 0.25) is 13.9 Å². The van der Waals surface area contributed by atoms with Gasteiger partial charge in [-0.3, -0.25) is 22.8 Å². The van der Waals surface area contributed by atoms with E-state index in [1.807, 2.05) is 4.74 Å². The monoisotopic (exact) mass is 532 g/mol. The standard InChI is InChI=1S/C5H3F9O5S.C2H5F.2CH2F2.CH3F/c6-1-18-4(11,12)2(7,3(8,9)10)19-5(13,14)20(15,16)17;1-2-3;2*2-1-3;1-2/h1H2,(H,15,16,17);2H2,1H3;2*1H2;1H3. The van der Waals surface area contributed by atoms with Crippen molar-refractivity contribution in [2.24, 2.45) is 0 Å². The zero-order valence-electron chi connectivity index (χ0n) is 15.0. The van der Waals surface area contributed by atoms with E-state index in [2.05, 4.69) is 4.74 Å². The average Bonchev–Trinajstić information content (AvgIpc) is 2.56. The van der Waals surface area contributed by atoms with Crippen molar-refractivity contribution in [3.8, 4) is 0 Å². The van der Waals surface area contributed by atoms with Gasteiger partial charge >= 0.3 is 33.7 Å². The van der Waals surface area contributed by atoms with Gasteiger partial charge in [0.1, 0.15) is 0 Å². The first-order valence-electron chi connectivity index (χ1n) is 6.32. The average molecular weight is 532 g/mol. The molecule has 0 heterocycles. The summed E-state index contributed by atoms with van der Waals surface area (Å²) in [5.41, 5.74) is -6.42. The molecule has 0 spiro atoms. The summed E-state index contributed by atoms with van der Waals surface area (Å²) >= 11 is 0. The van der Waals surface area contributed by atoms with Gasteiger partial charge in [-0.15, -0.1) is 0 Å². The Labute approximate surface area is 164 Å². The molecule has 0 aliphatic heterocycles. The third kappa shape index (κ3) is 16.1. The molecule has 0 aliphatic carbocycles. The van der Waals surface area contributed by atoms with Crippen molar-refractivity contribution >= 4 is 10.1 Å². The van der Waals surface area contributed by atoms with E-state index in [-0.39, 0.29) is 6.67 Å². The molecule has 1 atom stereocenters. The van der Waals surface area contributed by atoms with Crippen molar-refractivity contribution in [1.29, 1.82) is 0 Å². The molecular weight excluding hydrogens is 517 g/mol. The maximum absolute atomic E-state index is 13.0. The molecule has 5 nitrogen and oxygen atoms in total. The van der Waals surface area contributed by atoms with E-state index in [1.165, 1.54) is 6.92 Å². The highest BCUT2D eigenvalue weighted by atomic mass is 32.2. The number of alkyl halides is 15. The van der Waals surface area contributed by atoms with Crippen LogP contribution in [0.25, 0.3) is 0 Å². The fourth-order valence-corrected chi connectivity index (χ4v) is 0.880. The van der Waals surface area contributed by atoms with Crippen LogP contribution in [0.15, 0.2) is 0 Å². The van der Waals surface area contributed by atoms with Crippen molar-refractivity contribution in [3.63, 3.8) is 0 Å². The molecule has 1 unspecified atom stereocenters. The van der Waals surface area contributed by atoms with Gasteiger partial charge in [-0.2, -0.15) is 43.5 Å². The Kier molecular flexibility index (Phi) is 23.8. The summed E-state index contributed by atoms with van der Waals surface area (Å²) in [6.07, 6.45) is -13.4. The Bertz CT molecular complexity index is 496. The number of hydrogen-bond donors (Lipinski definition) is 1. The summed E-state index contributed by atoms with van der Waals surface area (Å²) in [5, 5.41) is 0. The summed E-state index contributed by atoms with van der Waals surface area (Å²) in [7, 11) is -6.35. The molecule has 0 fully saturated rings. The van der Waals surface area contributed by atoms with Crippen molar-refractivity contribution < 1.29 is 88.3 Å². The van der Waals surface area contributed by atoms with E-state index < -0.39 is 54.4 Å². The molecule has 0 radical (unpaired) electrons. The maximum Gasteiger partial charge on any atom is 0.491 e. The summed E-state index contributed by atoms with van der Waals surface area (Å²) in [6, 6.07) is 0. The van der Waals surface area contributed by atoms with Crippen LogP contribution in [0.4, 0.5) is 65.9 Å². The number of halogens is 15. The summed E-state index contributed by atoms with van der Waals surface area (Å²) in [5.74, 6) is -6.76. The Balaban J connectivity index is -0.000000171. The molecule has 0 aromatic carbocycles. The SMILES string of the molecule is CCF.CF.FCF.FCF.O=S(=O)(O)C(F)(F)OC(F)(C(F)(F)F)C(F)(F)OCF. The molecule has 1 N–H and O–H groups in total. The molecule has 0 aromatic rings. The van der Waals surface area contributed by atoms with Crippen LogP contribution in [0.5, 0.6) is 0 Å². The zero-order valence-corrected chi connectivity index (χ0v) is 15.8. The maximum atomic E-state index is 13.0. The topological polar surface area (TPSA) is 72.8 Å². The van der Waals surface area contributed by atoms with Gasteiger partial charge in [-0.05, 0) is 6.92 Å². The Hall–Kier alpha value is -1.22. The van der Waals surface area contributed by atoms with E-state index in [1.54, 1.807) is 0 Å². The van der Waals surface area contributed by atoms with Gasteiger partial charge in [0, 0.05) is 0 Å². The van der Waals surface area contributed by atoms with Crippen LogP contribution in [0.1, 0.15) is 6.92 Å². The van der Waals surface area contributed by atoms with Crippen LogP contribution in [-0.4, -0.2) is 71.1 Å². The van der Waals surface area contributed by atoms with E-state index in [0.717, 1.165) is 0 Å². The third-order valence-corrected chi connectivity index (χ3v) is 2.22. The highest BCUT2D eigenvalue weighted by Crippen LogP contribution is 2.50. The van der Waals surface area contributed by atoms with Crippen LogP contribution in [0.2, 0.25) is 0 Å².